The van der Waals surface area contributed by atoms with Crippen molar-refractivity contribution >= 4 is 17.2 Å². The second-order valence-electron chi connectivity index (χ2n) is 4.96. The van der Waals surface area contributed by atoms with Crippen molar-refractivity contribution in [3.63, 3.8) is 0 Å². The van der Waals surface area contributed by atoms with Crippen LogP contribution in [0.2, 0.25) is 0 Å². The van der Waals surface area contributed by atoms with E-state index < -0.39 is 0 Å². The van der Waals surface area contributed by atoms with Crippen molar-refractivity contribution in [2.45, 2.75) is 40.0 Å². The quantitative estimate of drug-likeness (QED) is 0.930. The Bertz CT molecular complexity index is 704. The molecule has 0 bridgehead atoms. The molecular weight excluding hydrogens is 254 g/mol. The van der Waals surface area contributed by atoms with Gasteiger partial charge in [0, 0.05) is 12.6 Å². The fraction of sp³-hybridized carbons (Fsp3) is 0.400. The molecule has 106 valence electrons. The fourth-order valence-corrected chi connectivity index (χ4v) is 2.04. The molecular formula is C15H19N3O2. The maximum atomic E-state index is 12.4. The van der Waals surface area contributed by atoms with E-state index in [2.05, 4.69) is 10.3 Å². The molecule has 0 aliphatic rings. The molecule has 0 atom stereocenters. The van der Waals surface area contributed by atoms with Gasteiger partial charge >= 0.3 is 0 Å². The van der Waals surface area contributed by atoms with Crippen LogP contribution in [0.4, 0.5) is 5.69 Å². The minimum Gasteiger partial charge on any atom is -0.320 e. The van der Waals surface area contributed by atoms with Crippen molar-refractivity contribution in [1.82, 2.24) is 9.38 Å². The number of nitrogens with zero attached hydrogens (tertiary/aromatic N) is 2. The van der Waals surface area contributed by atoms with Gasteiger partial charge in [0.2, 0.25) is 5.91 Å². The van der Waals surface area contributed by atoms with E-state index in [4.69, 9.17) is 0 Å². The number of aryl methyl sites for hydroxylation is 2. The Balaban J connectivity index is 2.43. The molecule has 2 aromatic heterocycles. The van der Waals surface area contributed by atoms with Crippen LogP contribution in [0.15, 0.2) is 23.1 Å². The Labute approximate surface area is 117 Å². The average Bonchev–Trinajstić information content (AvgIpc) is 2.42. The van der Waals surface area contributed by atoms with Gasteiger partial charge in [-0.1, -0.05) is 19.4 Å². The van der Waals surface area contributed by atoms with Crippen LogP contribution < -0.4 is 10.9 Å². The molecule has 1 N–H and O–H groups in total. The Kier molecular flexibility index (Phi) is 4.17. The zero-order valence-corrected chi connectivity index (χ0v) is 12.1. The number of pyridine rings is 1. The van der Waals surface area contributed by atoms with Gasteiger partial charge in [0.25, 0.3) is 5.56 Å². The molecule has 20 heavy (non-hydrogen) atoms. The summed E-state index contributed by atoms with van der Waals surface area (Å²) in [6, 6.07) is 3.70. The Hall–Kier alpha value is -2.17. The third-order valence-corrected chi connectivity index (χ3v) is 3.17. The molecule has 5 heteroatoms. The zero-order chi connectivity index (χ0) is 14.7. The van der Waals surface area contributed by atoms with E-state index in [1.54, 1.807) is 19.2 Å². The topological polar surface area (TPSA) is 63.5 Å². The largest absolute Gasteiger partial charge is 0.320 e. The van der Waals surface area contributed by atoms with Crippen LogP contribution in [0.1, 0.15) is 37.4 Å². The van der Waals surface area contributed by atoms with Crippen molar-refractivity contribution in [3.8, 4) is 0 Å². The summed E-state index contributed by atoms with van der Waals surface area (Å²) in [6.07, 6.45) is 3.91. The first-order valence-corrected chi connectivity index (χ1v) is 6.82. The summed E-state index contributed by atoms with van der Waals surface area (Å²) in [5.74, 6) is -0.138. The summed E-state index contributed by atoms with van der Waals surface area (Å²) in [6.45, 7) is 5.66. The lowest BCUT2D eigenvalue weighted by atomic mass is 10.2. The summed E-state index contributed by atoms with van der Waals surface area (Å²) < 4.78 is 1.47. The SMILES string of the molecule is CCCCC(=O)Nc1c(C)nc2ccc(C)cn2c1=O. The molecule has 0 saturated carbocycles. The van der Waals surface area contributed by atoms with Crippen LogP contribution in [0.3, 0.4) is 0 Å². The van der Waals surface area contributed by atoms with Gasteiger partial charge in [0.1, 0.15) is 11.3 Å². The minimum atomic E-state index is -0.235. The summed E-state index contributed by atoms with van der Waals surface area (Å²) in [5.41, 5.74) is 2.14. The first kappa shape index (κ1) is 14.2. The standard InChI is InChI=1S/C15H19N3O2/c1-4-5-6-13(19)17-14-11(3)16-12-8-7-10(2)9-18(12)15(14)20/h7-9H,4-6H2,1-3H3,(H,17,19). The van der Waals surface area contributed by atoms with E-state index in [0.29, 0.717) is 17.8 Å². The molecule has 0 aromatic carbocycles. The minimum absolute atomic E-state index is 0.138. The van der Waals surface area contributed by atoms with Crippen molar-refractivity contribution in [2.75, 3.05) is 5.32 Å². The molecule has 0 aliphatic carbocycles. The van der Waals surface area contributed by atoms with Gasteiger partial charge in [0.05, 0.1) is 5.69 Å². The molecule has 2 rings (SSSR count). The van der Waals surface area contributed by atoms with Crippen LogP contribution in [0.5, 0.6) is 0 Å². The number of nitrogens with one attached hydrogen (secondary N) is 1. The number of unbranched alkanes of at least 4 members (excludes halogenated alkanes) is 1. The highest BCUT2D eigenvalue weighted by Gasteiger charge is 2.12. The van der Waals surface area contributed by atoms with Gasteiger partial charge in [0.15, 0.2) is 0 Å². The van der Waals surface area contributed by atoms with E-state index in [0.717, 1.165) is 18.4 Å². The number of aromatic nitrogens is 2. The summed E-state index contributed by atoms with van der Waals surface area (Å²) in [4.78, 5) is 28.6. The summed E-state index contributed by atoms with van der Waals surface area (Å²) >= 11 is 0. The lowest BCUT2D eigenvalue weighted by Gasteiger charge is -2.09. The molecule has 5 nitrogen and oxygen atoms in total. The predicted octanol–water partition coefficient (Wildman–Crippen LogP) is 2.44. The molecule has 0 radical (unpaired) electrons. The van der Waals surface area contributed by atoms with Gasteiger partial charge in [-0.05, 0) is 31.9 Å². The molecule has 2 aromatic rings. The lowest BCUT2D eigenvalue weighted by molar-refractivity contribution is -0.116. The van der Waals surface area contributed by atoms with Crippen molar-refractivity contribution in [3.05, 3.63) is 39.9 Å². The van der Waals surface area contributed by atoms with Crippen molar-refractivity contribution in [1.29, 1.82) is 0 Å². The first-order chi connectivity index (χ1) is 9.52. The third kappa shape index (κ3) is 2.87. The monoisotopic (exact) mass is 273 g/mol. The van der Waals surface area contributed by atoms with E-state index >= 15 is 0 Å². The molecule has 0 saturated heterocycles. The molecule has 0 fully saturated rings. The van der Waals surface area contributed by atoms with E-state index in [1.165, 1.54) is 4.40 Å². The number of hydrogen-bond acceptors (Lipinski definition) is 3. The second kappa shape index (κ2) is 5.86. The van der Waals surface area contributed by atoms with E-state index in [1.807, 2.05) is 19.9 Å². The highest BCUT2D eigenvalue weighted by atomic mass is 16.2. The molecule has 0 unspecified atom stereocenters. The fourth-order valence-electron chi connectivity index (χ4n) is 2.04. The smallest absolute Gasteiger partial charge is 0.281 e. The number of hydrogen-bond donors (Lipinski definition) is 1. The molecule has 0 spiro atoms. The number of amides is 1. The first-order valence-electron chi connectivity index (χ1n) is 6.82. The van der Waals surface area contributed by atoms with Crippen LogP contribution in [-0.2, 0) is 4.79 Å². The highest BCUT2D eigenvalue weighted by Crippen LogP contribution is 2.10. The maximum absolute atomic E-state index is 12.4. The van der Waals surface area contributed by atoms with E-state index in [9.17, 15) is 9.59 Å². The van der Waals surface area contributed by atoms with Gasteiger partial charge in [-0.25, -0.2) is 4.98 Å². The second-order valence-corrected chi connectivity index (χ2v) is 4.96. The van der Waals surface area contributed by atoms with E-state index in [-0.39, 0.29) is 17.2 Å². The van der Waals surface area contributed by atoms with Gasteiger partial charge in [-0.3, -0.25) is 14.0 Å². The van der Waals surface area contributed by atoms with Crippen LogP contribution in [0, 0.1) is 13.8 Å². The molecule has 2 heterocycles. The molecule has 1 amide bonds. The lowest BCUT2D eigenvalue weighted by Crippen LogP contribution is -2.25. The number of carbonyl (C=O) groups is 1. The third-order valence-electron chi connectivity index (χ3n) is 3.17. The Morgan fingerprint density at radius 1 is 1.35 bits per heavy atom. The summed E-state index contributed by atoms with van der Waals surface area (Å²) in [7, 11) is 0. The Morgan fingerprint density at radius 3 is 2.80 bits per heavy atom. The molecule has 0 aliphatic heterocycles. The summed E-state index contributed by atoms with van der Waals surface area (Å²) in [5, 5.41) is 2.69. The number of fused-ring (bicyclic) bond motifs is 1. The Morgan fingerprint density at radius 2 is 2.10 bits per heavy atom. The van der Waals surface area contributed by atoms with Gasteiger partial charge < -0.3 is 5.32 Å². The number of rotatable bonds is 4. The van der Waals surface area contributed by atoms with Crippen molar-refractivity contribution < 1.29 is 4.79 Å². The van der Waals surface area contributed by atoms with Crippen molar-refractivity contribution in [2.24, 2.45) is 0 Å². The predicted molar refractivity (Wildman–Crippen MR) is 79.1 cm³/mol. The van der Waals surface area contributed by atoms with Crippen LogP contribution in [0.25, 0.3) is 5.65 Å². The van der Waals surface area contributed by atoms with Gasteiger partial charge in [-0.2, -0.15) is 0 Å². The van der Waals surface area contributed by atoms with Crippen LogP contribution in [-0.4, -0.2) is 15.3 Å². The van der Waals surface area contributed by atoms with Gasteiger partial charge in [-0.15, -0.1) is 0 Å². The number of anilines is 1. The average molecular weight is 273 g/mol. The maximum Gasteiger partial charge on any atom is 0.281 e. The number of carbonyl (C=O) groups excluding carboxylic acids is 1. The highest BCUT2D eigenvalue weighted by molar-refractivity contribution is 5.91. The normalized spacial score (nSPS) is 10.8. The zero-order valence-electron chi connectivity index (χ0n) is 12.1. The van der Waals surface area contributed by atoms with Crippen LogP contribution >= 0.6 is 0 Å².